The van der Waals surface area contributed by atoms with Crippen molar-refractivity contribution in [1.29, 1.82) is 5.41 Å². The van der Waals surface area contributed by atoms with Crippen molar-refractivity contribution in [2.45, 2.75) is 39.0 Å². The van der Waals surface area contributed by atoms with Crippen molar-refractivity contribution >= 4 is 27.4 Å². The highest BCUT2D eigenvalue weighted by Crippen LogP contribution is 2.25. The van der Waals surface area contributed by atoms with Crippen LogP contribution in [0.2, 0.25) is 0 Å². The first-order chi connectivity index (χ1) is 9.20. The van der Waals surface area contributed by atoms with Crippen LogP contribution in [-0.2, 0) is 9.84 Å². The molecule has 0 amide bonds. The number of nitrogens with one attached hydrogen (secondary N) is 1. The summed E-state index contributed by atoms with van der Waals surface area (Å²) in [5, 5.41) is 7.21. The van der Waals surface area contributed by atoms with Crippen molar-refractivity contribution < 1.29 is 8.42 Å². The molecule has 5 nitrogen and oxygen atoms in total. The Hall–Kier alpha value is -0.270. The van der Waals surface area contributed by atoms with Crippen molar-refractivity contribution in [2.24, 2.45) is 11.1 Å². The summed E-state index contributed by atoms with van der Waals surface area (Å²) in [4.78, 5) is 2.09. The Bertz CT molecular complexity index is 435. The summed E-state index contributed by atoms with van der Waals surface area (Å²) in [6, 6.07) is 0. The molecule has 1 fully saturated rings. The number of amidine groups is 1. The molecule has 1 aliphatic heterocycles. The van der Waals surface area contributed by atoms with Crippen LogP contribution >= 0.6 is 11.8 Å². The van der Waals surface area contributed by atoms with Gasteiger partial charge in [0.05, 0.1) is 5.84 Å². The maximum atomic E-state index is 12.1. The van der Waals surface area contributed by atoms with Gasteiger partial charge in [-0.15, -0.1) is 0 Å². The second kappa shape index (κ2) is 7.13. The van der Waals surface area contributed by atoms with Gasteiger partial charge in [0.1, 0.15) is 5.37 Å². The van der Waals surface area contributed by atoms with Crippen LogP contribution in [0.15, 0.2) is 0 Å². The number of hydrogen-bond acceptors (Lipinski definition) is 5. The Morgan fingerprint density at radius 2 is 2.15 bits per heavy atom. The number of hydrogen-bond donors (Lipinski definition) is 2. The first-order valence-electron chi connectivity index (χ1n) is 7.08. The van der Waals surface area contributed by atoms with Gasteiger partial charge < -0.3 is 5.73 Å². The predicted octanol–water partition coefficient (Wildman–Crippen LogP) is 1.54. The molecule has 0 radical (unpaired) electrons. The molecule has 0 saturated carbocycles. The smallest absolute Gasteiger partial charge is 0.166 e. The molecule has 118 valence electrons. The van der Waals surface area contributed by atoms with Gasteiger partial charge in [0.2, 0.25) is 0 Å². The number of thioether (sulfide) groups is 1. The summed E-state index contributed by atoms with van der Waals surface area (Å²) >= 11 is 1.72. The van der Waals surface area contributed by atoms with Gasteiger partial charge in [0.25, 0.3) is 0 Å². The van der Waals surface area contributed by atoms with E-state index < -0.39 is 9.84 Å². The van der Waals surface area contributed by atoms with E-state index in [-0.39, 0.29) is 22.4 Å². The largest absolute Gasteiger partial charge is 0.387 e. The van der Waals surface area contributed by atoms with Crippen LogP contribution in [0.1, 0.15) is 33.6 Å². The maximum Gasteiger partial charge on any atom is 0.166 e. The normalized spacial score (nSPS) is 21.9. The lowest BCUT2D eigenvalue weighted by molar-refractivity contribution is 0.254. The molecule has 20 heavy (non-hydrogen) atoms. The first kappa shape index (κ1) is 17.8. The number of nitrogens with zero attached hydrogens (tertiary/aromatic N) is 1. The van der Waals surface area contributed by atoms with Crippen LogP contribution in [0.5, 0.6) is 0 Å². The molecule has 1 rings (SSSR count). The molecule has 0 aliphatic carbocycles. The Morgan fingerprint density at radius 1 is 1.50 bits per heavy atom. The van der Waals surface area contributed by atoms with E-state index in [1.807, 2.05) is 13.8 Å². The third-order valence-corrected chi connectivity index (χ3v) is 7.32. The highest BCUT2D eigenvalue weighted by Gasteiger charge is 2.32. The lowest BCUT2D eigenvalue weighted by atomic mass is 9.86. The van der Waals surface area contributed by atoms with Gasteiger partial charge in [-0.3, -0.25) is 10.3 Å². The molecule has 0 bridgehead atoms. The molecule has 7 heteroatoms. The third kappa shape index (κ3) is 4.63. The van der Waals surface area contributed by atoms with E-state index in [0.29, 0.717) is 5.75 Å². The summed E-state index contributed by atoms with van der Waals surface area (Å²) in [7, 11) is -3.01. The fourth-order valence-corrected chi connectivity index (χ4v) is 5.36. The quantitative estimate of drug-likeness (QED) is 0.548. The van der Waals surface area contributed by atoms with Crippen molar-refractivity contribution in [3.05, 3.63) is 0 Å². The Kier molecular flexibility index (Phi) is 6.34. The Labute approximate surface area is 127 Å². The zero-order valence-corrected chi connectivity index (χ0v) is 14.3. The molecular weight excluding hydrogens is 294 g/mol. The summed E-state index contributed by atoms with van der Waals surface area (Å²) in [6.45, 7) is 7.23. The van der Waals surface area contributed by atoms with Crippen LogP contribution in [0, 0.1) is 10.8 Å². The zero-order valence-electron chi connectivity index (χ0n) is 12.7. The standard InChI is InChI=1S/C13H27N3O2S2/c1-4-20(17,18)11-10-19-9-8-16(11)7-5-6-13(2,3)12(14)15/h11H,4-10H2,1-3H3,(H3,14,15). The summed E-state index contributed by atoms with van der Waals surface area (Å²) in [6.07, 6.45) is 1.68. The average Bonchev–Trinajstić information content (AvgIpc) is 2.38. The summed E-state index contributed by atoms with van der Waals surface area (Å²) < 4.78 is 24.2. The van der Waals surface area contributed by atoms with E-state index in [1.165, 1.54) is 0 Å². The van der Waals surface area contributed by atoms with Crippen LogP contribution in [0.4, 0.5) is 0 Å². The Morgan fingerprint density at radius 3 is 2.70 bits per heavy atom. The number of rotatable bonds is 7. The summed E-state index contributed by atoms with van der Waals surface area (Å²) in [5.41, 5.74) is 5.28. The average molecular weight is 322 g/mol. The topological polar surface area (TPSA) is 87.2 Å². The zero-order chi connectivity index (χ0) is 15.4. The summed E-state index contributed by atoms with van der Waals surface area (Å²) in [5.74, 6) is 2.07. The van der Waals surface area contributed by atoms with Crippen LogP contribution in [0.25, 0.3) is 0 Å². The van der Waals surface area contributed by atoms with E-state index >= 15 is 0 Å². The molecule has 0 aromatic carbocycles. The third-order valence-electron chi connectivity index (χ3n) is 3.98. The minimum absolute atomic E-state index is 0.199. The highest BCUT2D eigenvalue weighted by molar-refractivity contribution is 8.01. The number of nitrogens with two attached hydrogens (primary N) is 1. The molecule has 1 aliphatic rings. The molecule has 0 spiro atoms. The molecule has 3 N–H and O–H groups in total. The van der Waals surface area contributed by atoms with Gasteiger partial charge >= 0.3 is 0 Å². The van der Waals surface area contributed by atoms with E-state index in [0.717, 1.165) is 31.7 Å². The molecule has 1 atom stereocenters. The van der Waals surface area contributed by atoms with Crippen molar-refractivity contribution in [2.75, 3.05) is 30.3 Å². The molecular formula is C13H27N3O2S2. The minimum atomic E-state index is -3.01. The van der Waals surface area contributed by atoms with E-state index in [1.54, 1.807) is 18.7 Å². The van der Waals surface area contributed by atoms with Crippen LogP contribution < -0.4 is 5.73 Å². The van der Waals surface area contributed by atoms with Gasteiger partial charge in [0, 0.05) is 29.2 Å². The van der Waals surface area contributed by atoms with E-state index in [9.17, 15) is 8.42 Å². The van der Waals surface area contributed by atoms with E-state index in [2.05, 4.69) is 4.90 Å². The van der Waals surface area contributed by atoms with E-state index in [4.69, 9.17) is 11.1 Å². The monoisotopic (exact) mass is 321 g/mol. The molecule has 1 unspecified atom stereocenters. The number of sulfone groups is 1. The van der Waals surface area contributed by atoms with Gasteiger partial charge in [-0.05, 0) is 19.4 Å². The van der Waals surface area contributed by atoms with Gasteiger partial charge in [0.15, 0.2) is 9.84 Å². The fourth-order valence-electron chi connectivity index (χ4n) is 2.25. The molecule has 0 aromatic rings. The van der Waals surface area contributed by atoms with Crippen LogP contribution in [0.3, 0.4) is 0 Å². The highest BCUT2D eigenvalue weighted by atomic mass is 32.2. The van der Waals surface area contributed by atoms with Crippen molar-refractivity contribution in [1.82, 2.24) is 4.90 Å². The minimum Gasteiger partial charge on any atom is -0.387 e. The molecule has 0 aromatic heterocycles. The van der Waals surface area contributed by atoms with Crippen molar-refractivity contribution in [3.8, 4) is 0 Å². The van der Waals surface area contributed by atoms with Gasteiger partial charge in [-0.25, -0.2) is 8.42 Å². The lowest BCUT2D eigenvalue weighted by Gasteiger charge is -2.35. The first-order valence-corrected chi connectivity index (χ1v) is 9.95. The molecule has 1 heterocycles. The van der Waals surface area contributed by atoms with Crippen molar-refractivity contribution in [3.63, 3.8) is 0 Å². The fraction of sp³-hybridized carbons (Fsp3) is 0.923. The second-order valence-corrected chi connectivity index (χ2v) is 9.52. The SMILES string of the molecule is CCS(=O)(=O)C1CSCCN1CCCC(C)(C)C(=N)N. The van der Waals surface area contributed by atoms with Gasteiger partial charge in [-0.1, -0.05) is 20.8 Å². The van der Waals surface area contributed by atoms with Gasteiger partial charge in [-0.2, -0.15) is 11.8 Å². The maximum absolute atomic E-state index is 12.1. The predicted molar refractivity (Wildman–Crippen MR) is 87.1 cm³/mol. The Balaban J connectivity index is 2.58. The molecule has 1 saturated heterocycles. The van der Waals surface area contributed by atoms with Crippen LogP contribution in [-0.4, -0.2) is 54.9 Å². The second-order valence-electron chi connectivity index (χ2n) is 5.92. The lowest BCUT2D eigenvalue weighted by Crippen LogP contribution is -2.48.